The minimum absolute atomic E-state index is 0.245. The SMILES string of the molecule is COCCNC(=O)NC1CCCOc2ccc(F)cc21. The van der Waals surface area contributed by atoms with E-state index in [9.17, 15) is 9.18 Å². The van der Waals surface area contributed by atoms with Gasteiger partial charge in [0.25, 0.3) is 0 Å². The molecular formula is C14H19FN2O3. The molecular weight excluding hydrogens is 263 g/mol. The summed E-state index contributed by atoms with van der Waals surface area (Å²) in [6, 6.07) is 3.85. The van der Waals surface area contributed by atoms with Gasteiger partial charge in [-0.15, -0.1) is 0 Å². The number of carbonyl (C=O) groups is 1. The van der Waals surface area contributed by atoms with E-state index in [4.69, 9.17) is 9.47 Å². The lowest BCUT2D eigenvalue weighted by molar-refractivity contribution is 0.195. The van der Waals surface area contributed by atoms with Crippen LogP contribution < -0.4 is 15.4 Å². The molecule has 1 aromatic carbocycles. The molecule has 0 saturated heterocycles. The third-order valence-corrected chi connectivity index (χ3v) is 3.14. The minimum atomic E-state index is -0.333. The standard InChI is InChI=1S/C14H19FN2O3/c1-19-8-6-16-14(18)17-12-3-2-7-20-13-5-4-10(15)9-11(12)13/h4-5,9,12H,2-3,6-8H2,1H3,(H2,16,17,18). The number of rotatable bonds is 4. The zero-order chi connectivity index (χ0) is 14.4. The molecule has 0 aromatic heterocycles. The number of carbonyl (C=O) groups excluding carboxylic acids is 1. The lowest BCUT2D eigenvalue weighted by atomic mass is 10.0. The number of methoxy groups -OCH3 is 1. The molecule has 6 heteroatoms. The van der Waals surface area contributed by atoms with E-state index in [1.54, 1.807) is 13.2 Å². The van der Waals surface area contributed by atoms with Crippen LogP contribution in [-0.4, -0.2) is 32.9 Å². The fourth-order valence-electron chi connectivity index (χ4n) is 2.17. The van der Waals surface area contributed by atoms with Gasteiger partial charge in [0, 0.05) is 19.2 Å². The highest BCUT2D eigenvalue weighted by molar-refractivity contribution is 5.74. The number of hydrogen-bond donors (Lipinski definition) is 2. The molecule has 0 aliphatic carbocycles. The van der Waals surface area contributed by atoms with Crippen LogP contribution in [0.15, 0.2) is 18.2 Å². The lowest BCUT2D eigenvalue weighted by Gasteiger charge is -2.18. The van der Waals surface area contributed by atoms with Gasteiger partial charge in [0.1, 0.15) is 11.6 Å². The van der Waals surface area contributed by atoms with Crippen LogP contribution in [0.1, 0.15) is 24.4 Å². The summed E-state index contributed by atoms with van der Waals surface area (Å²) in [6.45, 7) is 1.45. The summed E-state index contributed by atoms with van der Waals surface area (Å²) in [4.78, 5) is 11.8. The summed E-state index contributed by atoms with van der Waals surface area (Å²) in [7, 11) is 1.57. The average Bonchev–Trinajstić information content (AvgIpc) is 2.62. The van der Waals surface area contributed by atoms with Crippen molar-refractivity contribution in [3.05, 3.63) is 29.6 Å². The molecule has 1 aromatic rings. The number of fused-ring (bicyclic) bond motifs is 1. The zero-order valence-corrected chi connectivity index (χ0v) is 11.4. The summed E-state index contributed by atoms with van der Waals surface area (Å²) >= 11 is 0. The van der Waals surface area contributed by atoms with E-state index < -0.39 is 0 Å². The number of halogens is 1. The van der Waals surface area contributed by atoms with Gasteiger partial charge in [-0.2, -0.15) is 0 Å². The smallest absolute Gasteiger partial charge is 0.315 e. The fraction of sp³-hybridized carbons (Fsp3) is 0.500. The second-order valence-electron chi connectivity index (χ2n) is 4.62. The van der Waals surface area contributed by atoms with Crippen molar-refractivity contribution in [2.24, 2.45) is 0 Å². The van der Waals surface area contributed by atoms with E-state index in [-0.39, 0.29) is 17.9 Å². The molecule has 1 unspecified atom stereocenters. The number of nitrogens with one attached hydrogen (secondary N) is 2. The van der Waals surface area contributed by atoms with E-state index in [0.29, 0.717) is 37.5 Å². The molecule has 0 spiro atoms. The van der Waals surface area contributed by atoms with Gasteiger partial charge in [-0.25, -0.2) is 9.18 Å². The highest BCUT2D eigenvalue weighted by Gasteiger charge is 2.21. The summed E-state index contributed by atoms with van der Waals surface area (Å²) in [5, 5.41) is 5.54. The van der Waals surface area contributed by atoms with Crippen LogP contribution in [0.25, 0.3) is 0 Å². The van der Waals surface area contributed by atoms with Crippen molar-refractivity contribution in [1.82, 2.24) is 10.6 Å². The van der Waals surface area contributed by atoms with Crippen molar-refractivity contribution >= 4 is 6.03 Å². The minimum Gasteiger partial charge on any atom is -0.493 e. The number of amides is 2. The molecule has 1 heterocycles. The van der Waals surface area contributed by atoms with Crippen molar-refractivity contribution in [3.8, 4) is 5.75 Å². The molecule has 1 aliphatic heterocycles. The number of hydrogen-bond acceptors (Lipinski definition) is 3. The first-order valence-electron chi connectivity index (χ1n) is 6.66. The largest absolute Gasteiger partial charge is 0.493 e. The first kappa shape index (κ1) is 14.6. The Morgan fingerprint density at radius 1 is 1.55 bits per heavy atom. The van der Waals surface area contributed by atoms with Crippen molar-refractivity contribution in [2.75, 3.05) is 26.9 Å². The summed E-state index contributed by atoms with van der Waals surface area (Å²) in [6.07, 6.45) is 1.52. The molecule has 5 nitrogen and oxygen atoms in total. The van der Waals surface area contributed by atoms with Gasteiger partial charge in [-0.3, -0.25) is 0 Å². The molecule has 0 fully saturated rings. The van der Waals surface area contributed by atoms with E-state index in [1.165, 1.54) is 12.1 Å². The molecule has 0 radical (unpaired) electrons. The number of urea groups is 1. The van der Waals surface area contributed by atoms with E-state index in [1.807, 2.05) is 0 Å². The van der Waals surface area contributed by atoms with Crippen LogP contribution in [0, 0.1) is 5.82 Å². The van der Waals surface area contributed by atoms with Crippen molar-refractivity contribution in [2.45, 2.75) is 18.9 Å². The van der Waals surface area contributed by atoms with Gasteiger partial charge in [0.05, 0.1) is 19.3 Å². The predicted octanol–water partition coefficient (Wildman–Crippen LogP) is 1.98. The number of benzene rings is 1. The summed E-state index contributed by atoms with van der Waals surface area (Å²) in [5.41, 5.74) is 0.685. The third-order valence-electron chi connectivity index (χ3n) is 3.14. The Balaban J connectivity index is 2.04. The third kappa shape index (κ3) is 3.84. The first-order valence-corrected chi connectivity index (χ1v) is 6.66. The zero-order valence-electron chi connectivity index (χ0n) is 11.4. The van der Waals surface area contributed by atoms with Crippen molar-refractivity contribution < 1.29 is 18.7 Å². The normalized spacial score (nSPS) is 17.6. The maximum atomic E-state index is 13.4. The average molecular weight is 282 g/mol. The van der Waals surface area contributed by atoms with Crippen LogP contribution in [-0.2, 0) is 4.74 Å². The molecule has 1 atom stereocenters. The molecule has 110 valence electrons. The van der Waals surface area contributed by atoms with Gasteiger partial charge in [0.2, 0.25) is 0 Å². The van der Waals surface area contributed by atoms with Gasteiger partial charge in [-0.05, 0) is 31.0 Å². The van der Waals surface area contributed by atoms with Gasteiger partial charge >= 0.3 is 6.03 Å². The Morgan fingerprint density at radius 2 is 2.40 bits per heavy atom. The number of ether oxygens (including phenoxy) is 2. The Bertz CT molecular complexity index is 468. The van der Waals surface area contributed by atoms with Crippen LogP contribution in [0.3, 0.4) is 0 Å². The molecule has 2 N–H and O–H groups in total. The molecule has 20 heavy (non-hydrogen) atoms. The molecule has 1 aliphatic rings. The van der Waals surface area contributed by atoms with Gasteiger partial charge < -0.3 is 20.1 Å². The van der Waals surface area contributed by atoms with E-state index in [0.717, 1.165) is 6.42 Å². The highest BCUT2D eigenvalue weighted by atomic mass is 19.1. The topological polar surface area (TPSA) is 59.6 Å². The highest BCUT2D eigenvalue weighted by Crippen LogP contribution is 2.31. The second kappa shape index (κ2) is 7.09. The monoisotopic (exact) mass is 282 g/mol. The van der Waals surface area contributed by atoms with Crippen LogP contribution in [0.5, 0.6) is 5.75 Å². The Hall–Kier alpha value is -1.82. The fourth-order valence-corrected chi connectivity index (χ4v) is 2.17. The van der Waals surface area contributed by atoms with Crippen molar-refractivity contribution in [1.29, 1.82) is 0 Å². The molecule has 2 rings (SSSR count). The first-order chi connectivity index (χ1) is 9.70. The summed E-state index contributed by atoms with van der Waals surface area (Å²) in [5.74, 6) is 0.298. The van der Waals surface area contributed by atoms with E-state index in [2.05, 4.69) is 10.6 Å². The molecule has 2 amide bonds. The molecule has 0 saturated carbocycles. The Labute approximate surface area is 117 Å². The van der Waals surface area contributed by atoms with E-state index >= 15 is 0 Å². The van der Waals surface area contributed by atoms with Crippen molar-refractivity contribution in [3.63, 3.8) is 0 Å². The van der Waals surface area contributed by atoms with Gasteiger partial charge in [-0.1, -0.05) is 0 Å². The van der Waals surface area contributed by atoms with Crippen LogP contribution in [0.4, 0.5) is 9.18 Å². The second-order valence-corrected chi connectivity index (χ2v) is 4.62. The summed E-state index contributed by atoms with van der Waals surface area (Å²) < 4.78 is 23.8. The quantitative estimate of drug-likeness (QED) is 0.830. The predicted molar refractivity (Wildman–Crippen MR) is 72.3 cm³/mol. The Morgan fingerprint density at radius 3 is 3.20 bits per heavy atom. The van der Waals surface area contributed by atoms with Crippen LogP contribution >= 0.6 is 0 Å². The maximum absolute atomic E-state index is 13.4. The molecule has 0 bridgehead atoms. The maximum Gasteiger partial charge on any atom is 0.315 e. The lowest BCUT2D eigenvalue weighted by Crippen LogP contribution is -2.39. The Kier molecular flexibility index (Phi) is 5.17. The van der Waals surface area contributed by atoms with Crippen LogP contribution in [0.2, 0.25) is 0 Å². The van der Waals surface area contributed by atoms with Gasteiger partial charge in [0.15, 0.2) is 0 Å².